The smallest absolute Gasteiger partial charge is 0.301 e. The van der Waals surface area contributed by atoms with E-state index in [4.69, 9.17) is 4.74 Å². The van der Waals surface area contributed by atoms with E-state index in [0.29, 0.717) is 33.6 Å². The van der Waals surface area contributed by atoms with Gasteiger partial charge in [0.05, 0.1) is 11.6 Å². The number of halogens is 1. The Kier molecular flexibility index (Phi) is 8.49. The first kappa shape index (κ1) is 29.2. The van der Waals surface area contributed by atoms with Crippen molar-refractivity contribution in [3.05, 3.63) is 137 Å². The molecule has 0 radical (unpaired) electrons. The number of nitrogens with zero attached hydrogens (tertiary/aromatic N) is 4. The summed E-state index contributed by atoms with van der Waals surface area (Å²) in [5.74, 6) is -1.17. The molecule has 2 aromatic heterocycles. The molecule has 5 aromatic rings. The lowest BCUT2D eigenvalue weighted by Crippen LogP contribution is -2.29. The van der Waals surface area contributed by atoms with Crippen LogP contribution < -0.4 is 9.64 Å². The van der Waals surface area contributed by atoms with E-state index in [9.17, 15) is 19.1 Å². The molecule has 1 unspecified atom stereocenters. The van der Waals surface area contributed by atoms with Gasteiger partial charge >= 0.3 is 5.91 Å². The van der Waals surface area contributed by atoms with Crippen molar-refractivity contribution in [2.45, 2.75) is 29.7 Å². The van der Waals surface area contributed by atoms with E-state index >= 15 is 0 Å². The Hall–Kier alpha value is -4.87. The van der Waals surface area contributed by atoms with Crippen LogP contribution in [0.4, 0.5) is 9.52 Å². The molecule has 11 heteroatoms. The topological polar surface area (TPSA) is 106 Å². The van der Waals surface area contributed by atoms with E-state index in [1.165, 1.54) is 28.8 Å². The van der Waals surface area contributed by atoms with Crippen molar-refractivity contribution in [2.24, 2.45) is 0 Å². The predicted molar refractivity (Wildman–Crippen MR) is 167 cm³/mol. The zero-order chi connectivity index (χ0) is 30.6. The molecule has 220 valence electrons. The summed E-state index contributed by atoms with van der Waals surface area (Å²) in [6.45, 7) is 2.40. The van der Waals surface area contributed by atoms with Crippen LogP contribution in [0.2, 0.25) is 0 Å². The fourth-order valence-electron chi connectivity index (χ4n) is 4.81. The zero-order valence-electron chi connectivity index (χ0n) is 23.4. The quantitative estimate of drug-likeness (QED) is 0.0622. The Morgan fingerprint density at radius 3 is 2.45 bits per heavy atom. The number of aliphatic hydroxyl groups excluding tert-OH is 1. The lowest BCUT2D eigenvalue weighted by molar-refractivity contribution is -0.132. The molecule has 1 fully saturated rings. The maximum absolute atomic E-state index is 13.5. The number of carbonyl (C=O) groups is 2. The lowest BCUT2D eigenvalue weighted by atomic mass is 9.96. The Balaban J connectivity index is 1.27. The van der Waals surface area contributed by atoms with Gasteiger partial charge in [-0.3, -0.25) is 19.5 Å². The van der Waals surface area contributed by atoms with Gasteiger partial charge in [-0.25, -0.2) is 4.39 Å². The number of aliphatic hydroxyl groups is 1. The minimum absolute atomic E-state index is 0.0645. The summed E-state index contributed by atoms with van der Waals surface area (Å²) in [4.78, 5) is 32.2. The third-order valence-electron chi connectivity index (χ3n) is 6.96. The zero-order valence-corrected chi connectivity index (χ0v) is 25.0. The standard InChI is InChI=1S/C33H25FN4O4S2/c1-20-3-2-4-22(17-20)18-42-26-11-7-24(8-12-26)29(39)27-28(23-13-15-35-16-14-23)38(31(41)30(27)40)32-36-37-33(44-32)43-19-21-5-9-25(34)10-6-21/h2-17,28,39H,18-19H2,1H3/b29-27+. The van der Waals surface area contributed by atoms with Gasteiger partial charge in [-0.15, -0.1) is 10.2 Å². The summed E-state index contributed by atoms with van der Waals surface area (Å²) in [5, 5.41) is 20.1. The van der Waals surface area contributed by atoms with E-state index < -0.39 is 17.7 Å². The van der Waals surface area contributed by atoms with Gasteiger partial charge < -0.3 is 9.84 Å². The maximum Gasteiger partial charge on any atom is 0.301 e. The number of Topliss-reactive ketones (excluding diaryl/α,β-unsaturated/α-hetero) is 1. The number of aryl methyl sites for hydroxylation is 1. The normalized spacial score (nSPS) is 16.0. The fraction of sp³-hybridized carbons (Fsp3) is 0.121. The van der Waals surface area contributed by atoms with Gasteiger partial charge in [0, 0.05) is 23.7 Å². The molecule has 3 aromatic carbocycles. The molecule has 1 aliphatic heterocycles. The number of ketones is 1. The minimum Gasteiger partial charge on any atom is -0.507 e. The van der Waals surface area contributed by atoms with Gasteiger partial charge in [-0.2, -0.15) is 0 Å². The monoisotopic (exact) mass is 624 g/mol. The van der Waals surface area contributed by atoms with Gasteiger partial charge in [0.25, 0.3) is 5.78 Å². The molecule has 0 bridgehead atoms. The molecule has 3 heterocycles. The molecule has 1 N–H and O–H groups in total. The molecule has 0 spiro atoms. The van der Waals surface area contributed by atoms with E-state index in [1.807, 2.05) is 31.2 Å². The average Bonchev–Trinajstić information content (AvgIpc) is 3.62. The summed E-state index contributed by atoms with van der Waals surface area (Å²) in [7, 11) is 0. The molecule has 1 amide bonds. The van der Waals surface area contributed by atoms with E-state index in [-0.39, 0.29) is 22.3 Å². The van der Waals surface area contributed by atoms with E-state index in [1.54, 1.807) is 60.9 Å². The Morgan fingerprint density at radius 1 is 0.977 bits per heavy atom. The van der Waals surface area contributed by atoms with Crippen molar-refractivity contribution >= 4 is 45.7 Å². The van der Waals surface area contributed by atoms with Crippen molar-refractivity contribution in [2.75, 3.05) is 4.90 Å². The molecule has 0 saturated carbocycles. The van der Waals surface area contributed by atoms with E-state index in [0.717, 1.165) is 28.0 Å². The van der Waals surface area contributed by atoms with Gasteiger partial charge in [0.15, 0.2) is 4.34 Å². The highest BCUT2D eigenvalue weighted by Gasteiger charge is 2.48. The number of pyridine rings is 1. The molecule has 1 saturated heterocycles. The Bertz CT molecular complexity index is 1840. The van der Waals surface area contributed by atoms with Crippen LogP contribution in [0.3, 0.4) is 0 Å². The fourth-order valence-corrected chi connectivity index (χ4v) is 6.63. The molecular weight excluding hydrogens is 600 g/mol. The third-order valence-corrected chi connectivity index (χ3v) is 9.09. The largest absolute Gasteiger partial charge is 0.507 e. The second-order valence-corrected chi connectivity index (χ2v) is 12.2. The number of carbonyl (C=O) groups excluding carboxylic acids is 2. The predicted octanol–water partition coefficient (Wildman–Crippen LogP) is 6.88. The molecule has 6 rings (SSSR count). The van der Waals surface area contributed by atoms with Gasteiger partial charge in [0.2, 0.25) is 5.13 Å². The number of thioether (sulfide) groups is 1. The Morgan fingerprint density at radius 2 is 1.73 bits per heavy atom. The number of benzene rings is 3. The van der Waals surface area contributed by atoms with Crippen LogP contribution in [0.5, 0.6) is 5.75 Å². The van der Waals surface area contributed by atoms with Gasteiger partial charge in [-0.05, 0) is 72.1 Å². The molecule has 8 nitrogen and oxygen atoms in total. The molecule has 1 aliphatic rings. The number of amides is 1. The summed E-state index contributed by atoms with van der Waals surface area (Å²) in [5.41, 5.74) is 3.94. The average molecular weight is 625 g/mol. The van der Waals surface area contributed by atoms with Crippen LogP contribution in [0.15, 0.2) is 107 Å². The van der Waals surface area contributed by atoms with Crippen LogP contribution in [-0.4, -0.2) is 32.0 Å². The number of hydrogen-bond acceptors (Lipinski definition) is 9. The second-order valence-electron chi connectivity index (χ2n) is 10.0. The van der Waals surface area contributed by atoms with Crippen LogP contribution in [-0.2, 0) is 21.9 Å². The first-order valence-corrected chi connectivity index (χ1v) is 15.4. The van der Waals surface area contributed by atoms with Crippen LogP contribution >= 0.6 is 23.1 Å². The number of aromatic nitrogens is 3. The van der Waals surface area contributed by atoms with Crippen molar-refractivity contribution in [3.8, 4) is 5.75 Å². The van der Waals surface area contributed by atoms with Crippen LogP contribution in [0.25, 0.3) is 5.76 Å². The molecular formula is C33H25FN4O4S2. The first-order chi connectivity index (χ1) is 21.4. The molecule has 0 aliphatic carbocycles. The van der Waals surface area contributed by atoms with Crippen LogP contribution in [0.1, 0.15) is 33.9 Å². The maximum atomic E-state index is 13.5. The van der Waals surface area contributed by atoms with Crippen molar-refractivity contribution in [3.63, 3.8) is 0 Å². The number of hydrogen-bond donors (Lipinski definition) is 1. The number of ether oxygens (including phenoxy) is 1. The van der Waals surface area contributed by atoms with E-state index in [2.05, 4.69) is 15.2 Å². The SMILES string of the molecule is Cc1cccc(COc2ccc(/C(O)=C3\C(=O)C(=O)N(c4nnc(SCc5ccc(F)cc5)s4)C3c3ccncc3)cc2)c1. The second kappa shape index (κ2) is 12.8. The lowest BCUT2D eigenvalue weighted by Gasteiger charge is -2.22. The molecule has 1 atom stereocenters. The van der Waals surface area contributed by atoms with Gasteiger partial charge in [-0.1, -0.05) is 65.1 Å². The third kappa shape index (κ3) is 6.24. The summed E-state index contributed by atoms with van der Waals surface area (Å²) in [6, 6.07) is 23.3. The molecule has 44 heavy (non-hydrogen) atoms. The Labute approximate surface area is 260 Å². The number of anilines is 1. The first-order valence-electron chi connectivity index (χ1n) is 13.6. The van der Waals surface area contributed by atoms with Crippen molar-refractivity contribution in [1.29, 1.82) is 0 Å². The summed E-state index contributed by atoms with van der Waals surface area (Å²) < 4.78 is 19.7. The summed E-state index contributed by atoms with van der Waals surface area (Å²) >= 11 is 2.54. The van der Waals surface area contributed by atoms with Crippen molar-refractivity contribution in [1.82, 2.24) is 15.2 Å². The van der Waals surface area contributed by atoms with Gasteiger partial charge in [0.1, 0.15) is 23.9 Å². The highest BCUT2D eigenvalue weighted by Crippen LogP contribution is 2.44. The van der Waals surface area contributed by atoms with Crippen LogP contribution in [0, 0.1) is 12.7 Å². The minimum atomic E-state index is -0.946. The highest BCUT2D eigenvalue weighted by molar-refractivity contribution is 8.00. The number of rotatable bonds is 9. The van der Waals surface area contributed by atoms with Crippen molar-refractivity contribution < 1.29 is 23.8 Å². The highest BCUT2D eigenvalue weighted by atomic mass is 32.2. The summed E-state index contributed by atoms with van der Waals surface area (Å²) in [6.07, 6.45) is 3.11.